The lowest BCUT2D eigenvalue weighted by Crippen LogP contribution is -1.84. The summed E-state index contributed by atoms with van der Waals surface area (Å²) in [6, 6.07) is 7.36. The Hall–Kier alpha value is -1.97. The van der Waals surface area contributed by atoms with Crippen molar-refractivity contribution in [2.24, 2.45) is 0 Å². The van der Waals surface area contributed by atoms with Gasteiger partial charge in [0.1, 0.15) is 11.5 Å². The molecule has 0 bridgehead atoms. The Morgan fingerprint density at radius 1 is 1.07 bits per heavy atom. The highest BCUT2D eigenvalue weighted by Gasteiger charge is 1.97. The van der Waals surface area contributed by atoms with E-state index in [1.807, 2.05) is 24.3 Å². The second-order valence-corrected chi connectivity index (χ2v) is 2.71. The van der Waals surface area contributed by atoms with E-state index in [0.717, 1.165) is 11.5 Å². The van der Waals surface area contributed by atoms with E-state index in [9.17, 15) is 0 Å². The minimum Gasteiger partial charge on any atom is -0.497 e. The van der Waals surface area contributed by atoms with Crippen molar-refractivity contribution in [3.63, 3.8) is 0 Å². The fourth-order valence-electron chi connectivity index (χ4n) is 1.07. The highest BCUT2D eigenvalue weighted by molar-refractivity contribution is 5.33. The van der Waals surface area contributed by atoms with Gasteiger partial charge in [0.2, 0.25) is 0 Å². The third kappa shape index (κ3) is 1.85. The van der Waals surface area contributed by atoms with Gasteiger partial charge in [-0.2, -0.15) is 5.10 Å². The summed E-state index contributed by atoms with van der Waals surface area (Å²) in [5, 5.41) is 6.45. The van der Waals surface area contributed by atoms with Gasteiger partial charge < -0.3 is 9.47 Å². The van der Waals surface area contributed by atoms with Crippen LogP contribution in [-0.4, -0.2) is 17.3 Å². The largest absolute Gasteiger partial charge is 0.497 e. The van der Waals surface area contributed by atoms with Gasteiger partial charge in [-0.1, -0.05) is 0 Å². The number of aromatic amines is 1. The first-order chi connectivity index (χ1) is 6.88. The number of nitrogens with one attached hydrogen (secondary N) is 1. The Balaban J connectivity index is 2.10. The van der Waals surface area contributed by atoms with Gasteiger partial charge in [-0.3, -0.25) is 5.10 Å². The van der Waals surface area contributed by atoms with Gasteiger partial charge in [0.25, 0.3) is 0 Å². The Morgan fingerprint density at radius 2 is 1.79 bits per heavy atom. The van der Waals surface area contributed by atoms with E-state index in [2.05, 4.69) is 10.2 Å². The summed E-state index contributed by atoms with van der Waals surface area (Å²) in [6.45, 7) is 0. The molecule has 1 N–H and O–H groups in total. The molecule has 1 aromatic carbocycles. The van der Waals surface area contributed by atoms with Crippen molar-refractivity contribution in [1.29, 1.82) is 0 Å². The van der Waals surface area contributed by atoms with Crippen LogP contribution in [0, 0.1) is 0 Å². The summed E-state index contributed by atoms with van der Waals surface area (Å²) < 4.78 is 10.5. The van der Waals surface area contributed by atoms with Crippen molar-refractivity contribution < 1.29 is 9.47 Å². The van der Waals surface area contributed by atoms with Crippen molar-refractivity contribution in [1.82, 2.24) is 10.2 Å². The summed E-state index contributed by atoms with van der Waals surface area (Å²) in [7, 11) is 1.63. The highest BCUT2D eigenvalue weighted by Crippen LogP contribution is 2.22. The van der Waals surface area contributed by atoms with E-state index in [-0.39, 0.29) is 0 Å². The molecule has 0 fully saturated rings. The molecule has 0 aliphatic rings. The zero-order valence-electron chi connectivity index (χ0n) is 7.73. The van der Waals surface area contributed by atoms with Gasteiger partial charge in [0.05, 0.1) is 19.5 Å². The molecular weight excluding hydrogens is 180 g/mol. The molecule has 0 unspecified atom stereocenters. The first-order valence-electron chi connectivity index (χ1n) is 4.19. The molecule has 0 amide bonds. The van der Waals surface area contributed by atoms with Crippen LogP contribution in [0.5, 0.6) is 17.2 Å². The van der Waals surface area contributed by atoms with Crippen LogP contribution in [0.4, 0.5) is 0 Å². The predicted molar refractivity (Wildman–Crippen MR) is 51.7 cm³/mol. The number of H-pyrrole nitrogens is 1. The molecule has 2 rings (SSSR count). The van der Waals surface area contributed by atoms with Crippen LogP contribution in [0.3, 0.4) is 0 Å². The number of hydrogen-bond acceptors (Lipinski definition) is 3. The van der Waals surface area contributed by atoms with Crippen LogP contribution in [0.15, 0.2) is 36.7 Å². The minimum absolute atomic E-state index is 0.690. The second kappa shape index (κ2) is 3.83. The minimum atomic E-state index is 0.690. The van der Waals surface area contributed by atoms with E-state index in [4.69, 9.17) is 9.47 Å². The number of methoxy groups -OCH3 is 1. The number of hydrogen-bond donors (Lipinski definition) is 1. The zero-order valence-corrected chi connectivity index (χ0v) is 7.73. The Morgan fingerprint density at radius 3 is 2.36 bits per heavy atom. The van der Waals surface area contributed by atoms with Gasteiger partial charge in [-0.15, -0.1) is 0 Å². The molecule has 0 spiro atoms. The molecule has 0 saturated heterocycles. The lowest BCUT2D eigenvalue weighted by atomic mass is 10.3. The molecule has 1 aromatic heterocycles. The van der Waals surface area contributed by atoms with E-state index in [1.165, 1.54) is 0 Å². The lowest BCUT2D eigenvalue weighted by molar-refractivity contribution is 0.413. The average molecular weight is 190 g/mol. The normalized spacial score (nSPS) is 9.79. The van der Waals surface area contributed by atoms with Crippen molar-refractivity contribution in [3.05, 3.63) is 36.7 Å². The molecule has 1 heterocycles. The van der Waals surface area contributed by atoms with Crippen molar-refractivity contribution in [2.75, 3.05) is 7.11 Å². The Bertz CT molecular complexity index is 381. The highest BCUT2D eigenvalue weighted by atomic mass is 16.5. The van der Waals surface area contributed by atoms with Gasteiger partial charge in [-0.25, -0.2) is 0 Å². The van der Waals surface area contributed by atoms with Gasteiger partial charge in [0, 0.05) is 0 Å². The molecule has 2 aromatic rings. The summed E-state index contributed by atoms with van der Waals surface area (Å²) in [6.07, 6.45) is 3.30. The van der Waals surface area contributed by atoms with Crippen molar-refractivity contribution in [2.45, 2.75) is 0 Å². The van der Waals surface area contributed by atoms with Gasteiger partial charge in [0.15, 0.2) is 5.75 Å². The smallest absolute Gasteiger partial charge is 0.165 e. The lowest BCUT2D eigenvalue weighted by Gasteiger charge is -2.03. The monoisotopic (exact) mass is 190 g/mol. The molecule has 0 radical (unpaired) electrons. The van der Waals surface area contributed by atoms with Crippen LogP contribution in [0.25, 0.3) is 0 Å². The third-order valence-electron chi connectivity index (χ3n) is 1.77. The Labute approximate surface area is 81.5 Å². The van der Waals surface area contributed by atoms with E-state index in [1.54, 1.807) is 19.5 Å². The second-order valence-electron chi connectivity index (χ2n) is 2.71. The number of aromatic nitrogens is 2. The molecule has 0 aliphatic heterocycles. The molecule has 72 valence electrons. The zero-order chi connectivity index (χ0) is 9.80. The van der Waals surface area contributed by atoms with Crippen molar-refractivity contribution >= 4 is 0 Å². The Kier molecular flexibility index (Phi) is 2.36. The SMILES string of the molecule is COc1ccc(Oc2cn[nH]c2)cc1. The van der Waals surface area contributed by atoms with Gasteiger partial charge in [-0.05, 0) is 24.3 Å². The maximum atomic E-state index is 5.47. The fourth-order valence-corrected chi connectivity index (χ4v) is 1.07. The van der Waals surface area contributed by atoms with Crippen LogP contribution in [0.2, 0.25) is 0 Å². The summed E-state index contributed by atoms with van der Waals surface area (Å²) in [5.74, 6) is 2.26. The maximum Gasteiger partial charge on any atom is 0.165 e. The summed E-state index contributed by atoms with van der Waals surface area (Å²) in [4.78, 5) is 0. The van der Waals surface area contributed by atoms with Crippen LogP contribution >= 0.6 is 0 Å². The van der Waals surface area contributed by atoms with E-state index in [0.29, 0.717) is 5.75 Å². The molecule has 4 nitrogen and oxygen atoms in total. The molecule has 0 saturated carbocycles. The molecular formula is C10H10N2O2. The van der Waals surface area contributed by atoms with Crippen LogP contribution in [-0.2, 0) is 0 Å². The molecule has 0 aliphatic carbocycles. The fraction of sp³-hybridized carbons (Fsp3) is 0.100. The first-order valence-corrected chi connectivity index (χ1v) is 4.19. The van der Waals surface area contributed by atoms with Crippen LogP contribution < -0.4 is 9.47 Å². The summed E-state index contributed by atoms with van der Waals surface area (Å²) in [5.41, 5.74) is 0. The number of rotatable bonds is 3. The third-order valence-corrected chi connectivity index (χ3v) is 1.77. The summed E-state index contributed by atoms with van der Waals surface area (Å²) >= 11 is 0. The quantitative estimate of drug-likeness (QED) is 0.807. The van der Waals surface area contributed by atoms with Gasteiger partial charge >= 0.3 is 0 Å². The number of benzene rings is 1. The average Bonchev–Trinajstić information content (AvgIpc) is 2.72. The number of nitrogens with zero attached hydrogens (tertiary/aromatic N) is 1. The van der Waals surface area contributed by atoms with E-state index >= 15 is 0 Å². The molecule has 14 heavy (non-hydrogen) atoms. The first kappa shape index (κ1) is 8.62. The van der Waals surface area contributed by atoms with Crippen LogP contribution in [0.1, 0.15) is 0 Å². The molecule has 0 atom stereocenters. The number of ether oxygens (including phenoxy) is 2. The maximum absolute atomic E-state index is 5.47. The standard InChI is InChI=1S/C10H10N2O2/c1-13-8-2-4-9(5-3-8)14-10-6-11-12-7-10/h2-7H,1H3,(H,11,12). The topological polar surface area (TPSA) is 47.1 Å². The molecule has 4 heteroatoms. The van der Waals surface area contributed by atoms with E-state index < -0.39 is 0 Å². The predicted octanol–water partition coefficient (Wildman–Crippen LogP) is 2.21. The van der Waals surface area contributed by atoms with Crippen molar-refractivity contribution in [3.8, 4) is 17.2 Å².